The Morgan fingerprint density at radius 3 is 2.87 bits per heavy atom. The summed E-state index contributed by atoms with van der Waals surface area (Å²) in [5.74, 6) is 0.236. The van der Waals surface area contributed by atoms with E-state index in [9.17, 15) is 4.79 Å². The van der Waals surface area contributed by atoms with Gasteiger partial charge in [0.1, 0.15) is 5.75 Å². The molecule has 0 unspecified atom stereocenters. The molecule has 0 amide bonds. The molecule has 0 saturated carbocycles. The summed E-state index contributed by atoms with van der Waals surface area (Å²) in [6.07, 6.45) is 3.43. The van der Waals surface area contributed by atoms with Crippen LogP contribution < -0.4 is 4.74 Å². The van der Waals surface area contributed by atoms with Crippen molar-refractivity contribution in [2.75, 3.05) is 0 Å². The highest BCUT2D eigenvalue weighted by atomic mass is 16.5. The lowest BCUT2D eigenvalue weighted by molar-refractivity contribution is -0.134. The molecule has 1 aromatic rings. The van der Waals surface area contributed by atoms with E-state index in [0.717, 1.165) is 12.8 Å². The van der Waals surface area contributed by atoms with Gasteiger partial charge >= 0.3 is 5.97 Å². The first-order valence-corrected chi connectivity index (χ1v) is 5.08. The van der Waals surface area contributed by atoms with Crippen LogP contribution in [0.2, 0.25) is 0 Å². The zero-order chi connectivity index (χ0) is 11.1. The third-order valence-electron chi connectivity index (χ3n) is 2.03. The average Bonchev–Trinajstić information content (AvgIpc) is 2.27. The van der Waals surface area contributed by atoms with Crippen molar-refractivity contribution in [1.82, 2.24) is 0 Å². The minimum absolute atomic E-state index is 0.230. The maximum Gasteiger partial charge on any atom is 0.311 e. The van der Waals surface area contributed by atoms with Crippen molar-refractivity contribution in [2.45, 2.75) is 26.2 Å². The van der Waals surface area contributed by atoms with E-state index in [-0.39, 0.29) is 5.97 Å². The van der Waals surface area contributed by atoms with Crippen LogP contribution in [0.1, 0.15) is 31.7 Å². The molecule has 0 aromatic heterocycles. The number of hydrogen-bond donors (Lipinski definition) is 1. The molecule has 0 fully saturated rings. The minimum atomic E-state index is -0.230. The van der Waals surface area contributed by atoms with Crippen LogP contribution in [0.3, 0.4) is 0 Å². The number of unbranched alkanes of at least 4 members (excludes halogenated alkanes) is 1. The number of benzene rings is 1. The van der Waals surface area contributed by atoms with Crippen molar-refractivity contribution < 1.29 is 9.53 Å². The van der Waals surface area contributed by atoms with Gasteiger partial charge < -0.3 is 10.1 Å². The van der Waals surface area contributed by atoms with Crippen LogP contribution in [0, 0.1) is 5.41 Å². The monoisotopic (exact) mass is 205 g/mol. The molecular formula is C12H15NO2. The van der Waals surface area contributed by atoms with E-state index >= 15 is 0 Å². The zero-order valence-corrected chi connectivity index (χ0v) is 8.82. The molecule has 0 atom stereocenters. The Morgan fingerprint density at radius 1 is 1.47 bits per heavy atom. The summed E-state index contributed by atoms with van der Waals surface area (Å²) in [6, 6.07) is 7.04. The largest absolute Gasteiger partial charge is 0.426 e. The van der Waals surface area contributed by atoms with E-state index < -0.39 is 0 Å². The van der Waals surface area contributed by atoms with Gasteiger partial charge in [0.15, 0.2) is 0 Å². The van der Waals surface area contributed by atoms with Crippen molar-refractivity contribution in [2.24, 2.45) is 0 Å². The molecule has 0 spiro atoms. The minimum Gasteiger partial charge on any atom is -0.426 e. The van der Waals surface area contributed by atoms with Crippen LogP contribution in [-0.4, -0.2) is 12.2 Å². The second kappa shape index (κ2) is 5.96. The Hall–Kier alpha value is -1.64. The SMILES string of the molecule is CCCCC(=O)Oc1ccccc1C=N. The smallest absolute Gasteiger partial charge is 0.311 e. The first-order valence-electron chi connectivity index (χ1n) is 5.08. The van der Waals surface area contributed by atoms with Crippen LogP contribution in [0.4, 0.5) is 0 Å². The second-order valence-electron chi connectivity index (χ2n) is 3.26. The zero-order valence-electron chi connectivity index (χ0n) is 8.82. The van der Waals surface area contributed by atoms with E-state index in [1.807, 2.05) is 13.0 Å². The van der Waals surface area contributed by atoms with Crippen molar-refractivity contribution >= 4 is 12.2 Å². The fraction of sp³-hybridized carbons (Fsp3) is 0.333. The highest BCUT2D eigenvalue weighted by molar-refractivity contribution is 5.83. The molecule has 1 aromatic carbocycles. The van der Waals surface area contributed by atoms with Crippen molar-refractivity contribution in [1.29, 1.82) is 5.41 Å². The number of nitrogens with one attached hydrogen (secondary N) is 1. The van der Waals surface area contributed by atoms with Crippen LogP contribution in [0.5, 0.6) is 5.75 Å². The number of rotatable bonds is 5. The number of hydrogen-bond acceptors (Lipinski definition) is 3. The fourth-order valence-corrected chi connectivity index (χ4v) is 1.19. The maximum atomic E-state index is 11.3. The van der Waals surface area contributed by atoms with Gasteiger partial charge in [0, 0.05) is 18.2 Å². The Kier molecular flexibility index (Phi) is 4.54. The van der Waals surface area contributed by atoms with Crippen LogP contribution in [0.25, 0.3) is 0 Å². The first kappa shape index (κ1) is 11.4. The molecule has 0 aliphatic heterocycles. The molecule has 1 rings (SSSR count). The van der Waals surface area contributed by atoms with Crippen molar-refractivity contribution in [3.8, 4) is 5.75 Å². The maximum absolute atomic E-state index is 11.3. The van der Waals surface area contributed by atoms with E-state index in [1.165, 1.54) is 6.21 Å². The molecule has 0 heterocycles. The normalized spacial score (nSPS) is 9.67. The summed E-state index contributed by atoms with van der Waals surface area (Å²) in [6.45, 7) is 2.03. The van der Waals surface area contributed by atoms with Gasteiger partial charge in [-0.1, -0.05) is 25.5 Å². The Bertz CT molecular complexity index is 347. The molecular weight excluding hydrogens is 190 g/mol. The van der Waals surface area contributed by atoms with Crippen molar-refractivity contribution in [3.05, 3.63) is 29.8 Å². The lowest BCUT2D eigenvalue weighted by Gasteiger charge is -2.05. The molecule has 0 aliphatic carbocycles. The first-order chi connectivity index (χ1) is 7.27. The number of para-hydroxylation sites is 1. The third kappa shape index (κ3) is 3.54. The van der Waals surface area contributed by atoms with Gasteiger partial charge in [0.25, 0.3) is 0 Å². The summed E-state index contributed by atoms with van der Waals surface area (Å²) < 4.78 is 5.15. The highest BCUT2D eigenvalue weighted by Crippen LogP contribution is 2.16. The summed E-state index contributed by atoms with van der Waals surface area (Å²) in [5, 5.41) is 7.15. The fourth-order valence-electron chi connectivity index (χ4n) is 1.19. The predicted octanol–water partition coefficient (Wildman–Crippen LogP) is 2.78. The average molecular weight is 205 g/mol. The van der Waals surface area contributed by atoms with Crippen LogP contribution >= 0.6 is 0 Å². The molecule has 3 nitrogen and oxygen atoms in total. The number of carbonyl (C=O) groups excluding carboxylic acids is 1. The molecule has 0 saturated heterocycles. The molecule has 0 radical (unpaired) electrons. The van der Waals surface area contributed by atoms with Gasteiger partial charge in [-0.05, 0) is 18.6 Å². The van der Waals surface area contributed by atoms with Gasteiger partial charge in [-0.2, -0.15) is 0 Å². The molecule has 15 heavy (non-hydrogen) atoms. The lowest BCUT2D eigenvalue weighted by atomic mass is 10.2. The van der Waals surface area contributed by atoms with E-state index in [0.29, 0.717) is 17.7 Å². The Morgan fingerprint density at radius 2 is 2.20 bits per heavy atom. The van der Waals surface area contributed by atoms with Crippen molar-refractivity contribution in [3.63, 3.8) is 0 Å². The second-order valence-corrected chi connectivity index (χ2v) is 3.26. The van der Waals surface area contributed by atoms with Gasteiger partial charge in [-0.3, -0.25) is 4.79 Å². The summed E-state index contributed by atoms with van der Waals surface area (Å²) in [7, 11) is 0. The van der Waals surface area contributed by atoms with Gasteiger partial charge in [0.2, 0.25) is 0 Å². The van der Waals surface area contributed by atoms with Crippen LogP contribution in [0.15, 0.2) is 24.3 Å². The van der Waals surface area contributed by atoms with Crippen LogP contribution in [-0.2, 0) is 4.79 Å². The molecule has 0 bridgehead atoms. The van der Waals surface area contributed by atoms with E-state index in [4.69, 9.17) is 10.1 Å². The lowest BCUT2D eigenvalue weighted by Crippen LogP contribution is -2.08. The Labute approximate surface area is 89.6 Å². The summed E-state index contributed by atoms with van der Waals surface area (Å²) >= 11 is 0. The number of carbonyl (C=O) groups is 1. The van der Waals surface area contributed by atoms with Gasteiger partial charge in [-0.15, -0.1) is 0 Å². The van der Waals surface area contributed by atoms with Gasteiger partial charge in [0.05, 0.1) is 0 Å². The summed E-state index contributed by atoms with van der Waals surface area (Å²) in [5.41, 5.74) is 0.627. The van der Waals surface area contributed by atoms with E-state index in [1.54, 1.807) is 18.2 Å². The molecule has 0 aliphatic rings. The molecule has 80 valence electrons. The molecule has 1 N–H and O–H groups in total. The third-order valence-corrected chi connectivity index (χ3v) is 2.03. The Balaban J connectivity index is 2.63. The van der Waals surface area contributed by atoms with Gasteiger partial charge in [-0.25, -0.2) is 0 Å². The quantitative estimate of drug-likeness (QED) is 0.456. The predicted molar refractivity (Wildman–Crippen MR) is 59.5 cm³/mol. The standard InChI is InChI=1S/C12H15NO2/c1-2-3-8-12(14)15-11-7-5-4-6-10(11)9-13/h4-7,9,13H,2-3,8H2,1H3. The topological polar surface area (TPSA) is 50.2 Å². The highest BCUT2D eigenvalue weighted by Gasteiger charge is 2.06. The number of ether oxygens (including phenoxy) is 1. The molecule has 3 heteroatoms. The van der Waals surface area contributed by atoms with E-state index in [2.05, 4.69) is 0 Å². The number of esters is 1. The summed E-state index contributed by atoms with van der Waals surface area (Å²) in [4.78, 5) is 11.3.